The summed E-state index contributed by atoms with van der Waals surface area (Å²) >= 11 is 0. The quantitative estimate of drug-likeness (QED) is 0.277. The fraction of sp³-hybridized carbons (Fsp3) is 0.125. The van der Waals surface area contributed by atoms with Gasteiger partial charge >= 0.3 is 0 Å². The van der Waals surface area contributed by atoms with Crippen LogP contribution in [0.2, 0.25) is 0 Å². The van der Waals surface area contributed by atoms with Gasteiger partial charge in [-0.15, -0.1) is 0 Å². The molecule has 0 aromatic heterocycles. The second-order valence-electron chi connectivity index (χ2n) is 8.53. The van der Waals surface area contributed by atoms with Crippen LogP contribution in [0, 0.1) is 0 Å². The minimum absolute atomic E-state index is 0.583. The average Bonchev–Trinajstić information content (AvgIpc) is 2.88. The molecule has 0 aliphatic heterocycles. The molecule has 2 atom stereocenters. The van der Waals surface area contributed by atoms with Crippen molar-refractivity contribution in [2.24, 2.45) is 0 Å². The standard InChI is InChI=1S/C32H30O3/c1-5-23-9-7-11-29(21(3)33)31(23)25-13-17-27(18-14-25)35-28-19-15-26(16-20-28)32-24(6-2)10-8-12-30(32)22(4)34/h5-22,33-34H,1-2H2,3-4H3. The summed E-state index contributed by atoms with van der Waals surface area (Å²) < 4.78 is 6.09. The van der Waals surface area contributed by atoms with E-state index in [4.69, 9.17) is 4.74 Å². The Balaban J connectivity index is 1.59. The second-order valence-corrected chi connectivity index (χ2v) is 8.53. The van der Waals surface area contributed by atoms with Crippen LogP contribution in [-0.4, -0.2) is 10.2 Å². The van der Waals surface area contributed by atoms with Gasteiger partial charge in [0.25, 0.3) is 0 Å². The van der Waals surface area contributed by atoms with Gasteiger partial charge in [-0.3, -0.25) is 0 Å². The van der Waals surface area contributed by atoms with Crippen LogP contribution in [0.4, 0.5) is 0 Å². The molecule has 3 nitrogen and oxygen atoms in total. The Morgan fingerprint density at radius 3 is 1.29 bits per heavy atom. The van der Waals surface area contributed by atoms with Crippen LogP contribution in [0.1, 0.15) is 48.3 Å². The summed E-state index contributed by atoms with van der Waals surface area (Å²) in [6, 6.07) is 27.4. The lowest BCUT2D eigenvalue weighted by molar-refractivity contribution is 0.199. The Morgan fingerprint density at radius 2 is 0.971 bits per heavy atom. The molecule has 2 unspecified atom stereocenters. The van der Waals surface area contributed by atoms with Crippen LogP contribution in [0.15, 0.2) is 98.1 Å². The molecular weight excluding hydrogens is 432 g/mol. The zero-order valence-corrected chi connectivity index (χ0v) is 20.1. The van der Waals surface area contributed by atoms with Crippen LogP contribution >= 0.6 is 0 Å². The van der Waals surface area contributed by atoms with E-state index in [1.165, 1.54) is 0 Å². The summed E-state index contributed by atoms with van der Waals surface area (Å²) in [5.74, 6) is 1.43. The van der Waals surface area contributed by atoms with Gasteiger partial charge in [0, 0.05) is 0 Å². The van der Waals surface area contributed by atoms with Gasteiger partial charge in [-0.2, -0.15) is 0 Å². The van der Waals surface area contributed by atoms with E-state index in [1.807, 2.05) is 84.9 Å². The monoisotopic (exact) mass is 462 g/mol. The molecule has 176 valence electrons. The van der Waals surface area contributed by atoms with E-state index in [9.17, 15) is 10.2 Å². The molecule has 0 spiro atoms. The lowest BCUT2D eigenvalue weighted by Crippen LogP contribution is -1.97. The Morgan fingerprint density at radius 1 is 0.600 bits per heavy atom. The molecule has 35 heavy (non-hydrogen) atoms. The van der Waals surface area contributed by atoms with Gasteiger partial charge in [0.2, 0.25) is 0 Å². The van der Waals surface area contributed by atoms with E-state index in [0.29, 0.717) is 11.5 Å². The number of ether oxygens (including phenoxy) is 1. The molecule has 0 saturated carbocycles. The van der Waals surface area contributed by atoms with Gasteiger partial charge in [-0.1, -0.05) is 86.0 Å². The first-order valence-electron chi connectivity index (χ1n) is 11.7. The zero-order valence-electron chi connectivity index (χ0n) is 20.1. The fourth-order valence-corrected chi connectivity index (χ4v) is 4.40. The van der Waals surface area contributed by atoms with Crippen molar-refractivity contribution >= 4 is 12.2 Å². The van der Waals surface area contributed by atoms with Gasteiger partial charge in [0.15, 0.2) is 0 Å². The van der Waals surface area contributed by atoms with Gasteiger partial charge in [-0.25, -0.2) is 0 Å². The zero-order chi connectivity index (χ0) is 24.9. The summed E-state index contributed by atoms with van der Waals surface area (Å²) in [7, 11) is 0. The van der Waals surface area contributed by atoms with Crippen LogP contribution in [0.3, 0.4) is 0 Å². The fourth-order valence-electron chi connectivity index (χ4n) is 4.40. The third-order valence-corrected chi connectivity index (χ3v) is 6.12. The smallest absolute Gasteiger partial charge is 0.127 e. The topological polar surface area (TPSA) is 49.7 Å². The maximum absolute atomic E-state index is 10.2. The molecule has 2 N–H and O–H groups in total. The minimum Gasteiger partial charge on any atom is -0.457 e. The van der Waals surface area contributed by atoms with Crippen molar-refractivity contribution in [3.8, 4) is 33.8 Å². The average molecular weight is 463 g/mol. The van der Waals surface area contributed by atoms with Gasteiger partial charge in [0.1, 0.15) is 11.5 Å². The Kier molecular flexibility index (Phi) is 7.31. The largest absolute Gasteiger partial charge is 0.457 e. The summed E-state index contributed by atoms with van der Waals surface area (Å²) in [6.07, 6.45) is 2.45. The first kappa shape index (κ1) is 24.2. The van der Waals surface area contributed by atoms with E-state index in [2.05, 4.69) is 13.2 Å². The van der Waals surface area contributed by atoms with Crippen molar-refractivity contribution in [1.82, 2.24) is 0 Å². The van der Waals surface area contributed by atoms with Crippen molar-refractivity contribution in [2.75, 3.05) is 0 Å². The molecule has 0 radical (unpaired) electrons. The molecule has 4 aromatic rings. The molecule has 0 aliphatic rings. The van der Waals surface area contributed by atoms with Crippen LogP contribution in [-0.2, 0) is 0 Å². The maximum Gasteiger partial charge on any atom is 0.127 e. The molecule has 0 heterocycles. The molecule has 0 bridgehead atoms. The van der Waals surface area contributed by atoms with E-state index in [0.717, 1.165) is 44.5 Å². The van der Waals surface area contributed by atoms with Crippen molar-refractivity contribution in [1.29, 1.82) is 0 Å². The van der Waals surface area contributed by atoms with Crippen molar-refractivity contribution in [2.45, 2.75) is 26.1 Å². The number of hydrogen-bond acceptors (Lipinski definition) is 3. The molecule has 4 aromatic carbocycles. The summed E-state index contributed by atoms with van der Waals surface area (Å²) in [6.45, 7) is 11.4. The lowest BCUT2D eigenvalue weighted by atomic mass is 9.92. The van der Waals surface area contributed by atoms with Gasteiger partial charge < -0.3 is 14.9 Å². The molecule has 0 aliphatic carbocycles. The van der Waals surface area contributed by atoms with Crippen LogP contribution in [0.5, 0.6) is 11.5 Å². The molecule has 0 amide bonds. The summed E-state index contributed by atoms with van der Waals surface area (Å²) in [5, 5.41) is 20.5. The third-order valence-electron chi connectivity index (χ3n) is 6.12. The van der Waals surface area contributed by atoms with Crippen LogP contribution in [0.25, 0.3) is 34.4 Å². The second kappa shape index (κ2) is 10.6. The first-order valence-corrected chi connectivity index (χ1v) is 11.7. The van der Waals surface area contributed by atoms with Gasteiger partial charge in [0.05, 0.1) is 12.2 Å². The molecule has 0 saturated heterocycles. The highest BCUT2D eigenvalue weighted by molar-refractivity contribution is 5.79. The summed E-state index contributed by atoms with van der Waals surface area (Å²) in [4.78, 5) is 0. The predicted octanol–water partition coefficient (Wildman–Crippen LogP) is 8.21. The van der Waals surface area contributed by atoms with E-state index >= 15 is 0 Å². The van der Waals surface area contributed by atoms with E-state index in [1.54, 1.807) is 26.0 Å². The highest BCUT2D eigenvalue weighted by atomic mass is 16.5. The maximum atomic E-state index is 10.2. The van der Waals surface area contributed by atoms with Gasteiger partial charge in [-0.05, 0) is 82.6 Å². The Bertz CT molecular complexity index is 1230. The molecule has 3 heteroatoms. The molecule has 4 rings (SSSR count). The SMILES string of the molecule is C=Cc1cccc(C(C)O)c1-c1ccc(Oc2ccc(-c3c(C=C)cccc3C(C)O)cc2)cc1. The number of aliphatic hydroxyl groups is 2. The summed E-state index contributed by atoms with van der Waals surface area (Å²) in [5.41, 5.74) is 7.61. The predicted molar refractivity (Wildman–Crippen MR) is 145 cm³/mol. The van der Waals surface area contributed by atoms with Crippen LogP contribution < -0.4 is 4.74 Å². The first-order chi connectivity index (χ1) is 16.9. The Hall–Kier alpha value is -3.92. The lowest BCUT2D eigenvalue weighted by Gasteiger charge is -2.16. The molecular formula is C32H30O3. The number of benzene rings is 4. The molecule has 0 fully saturated rings. The normalized spacial score (nSPS) is 12.6. The highest BCUT2D eigenvalue weighted by Gasteiger charge is 2.14. The Labute approximate surface area is 207 Å². The van der Waals surface area contributed by atoms with Crippen molar-refractivity contribution in [3.63, 3.8) is 0 Å². The van der Waals surface area contributed by atoms with E-state index in [-0.39, 0.29) is 0 Å². The number of hydrogen-bond donors (Lipinski definition) is 2. The number of aliphatic hydroxyl groups excluding tert-OH is 2. The highest BCUT2D eigenvalue weighted by Crippen LogP contribution is 2.36. The van der Waals surface area contributed by atoms with Crippen molar-refractivity contribution < 1.29 is 14.9 Å². The van der Waals surface area contributed by atoms with E-state index < -0.39 is 12.2 Å². The third kappa shape index (κ3) is 5.12. The van der Waals surface area contributed by atoms with Crippen molar-refractivity contribution in [3.05, 3.63) is 120 Å². The number of rotatable bonds is 8. The minimum atomic E-state index is -0.583.